The summed E-state index contributed by atoms with van der Waals surface area (Å²) in [6.07, 6.45) is 1.00. The van der Waals surface area contributed by atoms with Gasteiger partial charge in [-0.1, -0.05) is 17.7 Å². The molecule has 0 radical (unpaired) electrons. The van der Waals surface area contributed by atoms with Crippen LogP contribution in [0, 0.1) is 0 Å². The smallest absolute Gasteiger partial charge is 0.322 e. The molecule has 3 N–H and O–H groups in total. The van der Waals surface area contributed by atoms with Crippen molar-refractivity contribution in [3.63, 3.8) is 0 Å². The number of carbonyl (C=O) groups is 3. The minimum atomic E-state index is -1.06. The number of rotatable bonds is 6. The number of hydrogen-bond acceptors (Lipinski definition) is 8. The van der Waals surface area contributed by atoms with Gasteiger partial charge in [0.2, 0.25) is 0 Å². The van der Waals surface area contributed by atoms with Crippen LogP contribution < -0.4 is 5.59 Å². The van der Waals surface area contributed by atoms with Crippen LogP contribution in [0.3, 0.4) is 0 Å². The van der Waals surface area contributed by atoms with E-state index in [0.717, 1.165) is 4.90 Å². The third kappa shape index (κ3) is 2.88. The summed E-state index contributed by atoms with van der Waals surface area (Å²) >= 11 is 0. The molecule has 2 amide bonds. The number of benzene rings is 1. The third-order valence-electron chi connectivity index (χ3n) is 3.97. The van der Waals surface area contributed by atoms with Crippen LogP contribution in [-0.2, 0) is 9.63 Å². The van der Waals surface area contributed by atoms with Gasteiger partial charge < -0.3 is 5.11 Å². The monoisotopic (exact) mass is 336 g/mol. The number of carboxylic acids is 1. The van der Waals surface area contributed by atoms with Gasteiger partial charge in [-0.05, 0) is 30.3 Å². The number of nitrogens with one attached hydrogen (secondary N) is 1. The Kier molecular flexibility index (Phi) is 4.55. The second-order valence-corrected chi connectivity index (χ2v) is 5.40. The maximum Gasteiger partial charge on any atom is 0.322 e. The first-order chi connectivity index (χ1) is 11.5. The maximum absolute atomic E-state index is 12.1. The van der Waals surface area contributed by atoms with Crippen molar-refractivity contribution in [1.29, 1.82) is 0 Å². The normalized spacial score (nSPS) is 20.9. The van der Waals surface area contributed by atoms with Gasteiger partial charge >= 0.3 is 5.97 Å². The quantitative estimate of drug-likeness (QED) is 0.480. The van der Waals surface area contributed by atoms with Crippen LogP contribution in [0.1, 0.15) is 33.6 Å². The zero-order chi connectivity index (χ0) is 17.3. The van der Waals surface area contributed by atoms with Crippen LogP contribution in [0.4, 0.5) is 0 Å². The van der Waals surface area contributed by atoms with Gasteiger partial charge in [-0.25, -0.2) is 4.90 Å². The summed E-state index contributed by atoms with van der Waals surface area (Å²) in [5, 5.41) is 20.5. The molecule has 128 valence electrons. The SMILES string of the molecule is O=C(O)C1CCCN1N(O)NOCN1C(=O)c2ccccc2C1=O. The maximum atomic E-state index is 12.1. The second-order valence-electron chi connectivity index (χ2n) is 5.40. The number of imide groups is 1. The average Bonchev–Trinajstić information content (AvgIpc) is 3.15. The highest BCUT2D eigenvalue weighted by Gasteiger charge is 2.37. The molecule has 1 fully saturated rings. The first kappa shape index (κ1) is 16.5. The second kappa shape index (κ2) is 6.63. The number of amides is 2. The van der Waals surface area contributed by atoms with E-state index in [9.17, 15) is 19.6 Å². The van der Waals surface area contributed by atoms with E-state index in [4.69, 9.17) is 9.94 Å². The zero-order valence-electron chi connectivity index (χ0n) is 12.6. The molecule has 10 heteroatoms. The molecule has 3 rings (SSSR count). The average molecular weight is 336 g/mol. The molecule has 2 aliphatic heterocycles. The summed E-state index contributed by atoms with van der Waals surface area (Å²) in [5.74, 6) is -2.05. The van der Waals surface area contributed by atoms with E-state index in [0.29, 0.717) is 24.7 Å². The van der Waals surface area contributed by atoms with Crippen molar-refractivity contribution in [3.05, 3.63) is 35.4 Å². The van der Waals surface area contributed by atoms with Crippen LogP contribution in [0.2, 0.25) is 0 Å². The lowest BCUT2D eigenvalue weighted by Gasteiger charge is -2.28. The number of hydrogen-bond donors (Lipinski definition) is 3. The zero-order valence-corrected chi connectivity index (χ0v) is 12.6. The molecule has 0 saturated carbocycles. The molecule has 1 aromatic rings. The van der Waals surface area contributed by atoms with E-state index in [2.05, 4.69) is 5.59 Å². The van der Waals surface area contributed by atoms with Crippen molar-refractivity contribution in [2.24, 2.45) is 0 Å². The van der Waals surface area contributed by atoms with Crippen molar-refractivity contribution in [1.82, 2.24) is 20.8 Å². The highest BCUT2D eigenvalue weighted by atomic mass is 16.8. The number of carboxylic acid groups (broad SMARTS) is 1. The van der Waals surface area contributed by atoms with Crippen molar-refractivity contribution in [2.75, 3.05) is 13.3 Å². The van der Waals surface area contributed by atoms with Crippen LogP contribution in [0.15, 0.2) is 24.3 Å². The summed E-state index contributed by atoms with van der Waals surface area (Å²) in [4.78, 5) is 41.1. The molecule has 1 unspecified atom stereocenters. The van der Waals surface area contributed by atoms with Gasteiger partial charge in [0.25, 0.3) is 11.8 Å². The molecule has 1 atom stereocenters. The highest BCUT2D eigenvalue weighted by molar-refractivity contribution is 6.21. The molecule has 10 nitrogen and oxygen atoms in total. The van der Waals surface area contributed by atoms with E-state index in [1.54, 1.807) is 24.3 Å². The summed E-state index contributed by atoms with van der Waals surface area (Å²) in [5.41, 5.74) is 2.69. The number of fused-ring (bicyclic) bond motifs is 1. The molecule has 2 aliphatic rings. The fraction of sp³-hybridized carbons (Fsp3) is 0.357. The molecule has 0 spiro atoms. The van der Waals surface area contributed by atoms with Gasteiger partial charge in [0.05, 0.1) is 11.1 Å². The lowest BCUT2D eigenvalue weighted by Crippen LogP contribution is -2.53. The first-order valence-electron chi connectivity index (χ1n) is 7.31. The summed E-state index contributed by atoms with van der Waals surface area (Å²) < 4.78 is 0. The predicted molar refractivity (Wildman–Crippen MR) is 77.0 cm³/mol. The lowest BCUT2D eigenvalue weighted by atomic mass is 10.1. The van der Waals surface area contributed by atoms with E-state index in [1.165, 1.54) is 5.01 Å². The van der Waals surface area contributed by atoms with E-state index in [1.807, 2.05) is 0 Å². The standard InChI is InChI=1S/C14H16N4O6/c19-12-9-4-1-2-5-10(9)13(20)16(12)8-24-15-18(23)17-7-3-6-11(17)14(21)22/h1-2,4-5,11,15,23H,3,6-8H2,(H,21,22). The van der Waals surface area contributed by atoms with Gasteiger partial charge in [0.15, 0.2) is 6.73 Å². The molecule has 1 aromatic carbocycles. The molecule has 0 bridgehead atoms. The third-order valence-corrected chi connectivity index (χ3v) is 3.97. The summed E-state index contributed by atoms with van der Waals surface area (Å²) in [6, 6.07) is 5.53. The Morgan fingerprint density at radius 2 is 1.92 bits per heavy atom. The molecule has 0 aromatic heterocycles. The Balaban J connectivity index is 1.55. The Labute approximate surface area is 136 Å². The fourth-order valence-corrected chi connectivity index (χ4v) is 2.79. The fourth-order valence-electron chi connectivity index (χ4n) is 2.79. The Hall–Kier alpha value is -2.37. The first-order valence-corrected chi connectivity index (χ1v) is 7.31. The predicted octanol–water partition coefficient (Wildman–Crippen LogP) is -0.168. The van der Waals surface area contributed by atoms with Crippen molar-refractivity contribution >= 4 is 17.8 Å². The highest BCUT2D eigenvalue weighted by Crippen LogP contribution is 2.22. The van der Waals surface area contributed by atoms with Crippen LogP contribution in [0.25, 0.3) is 0 Å². The van der Waals surface area contributed by atoms with E-state index >= 15 is 0 Å². The topological polar surface area (TPSA) is 123 Å². The van der Waals surface area contributed by atoms with Crippen LogP contribution >= 0.6 is 0 Å². The Morgan fingerprint density at radius 1 is 1.29 bits per heavy atom. The summed E-state index contributed by atoms with van der Waals surface area (Å²) in [7, 11) is 0. The van der Waals surface area contributed by atoms with Gasteiger partial charge in [-0.2, -0.15) is 5.01 Å². The van der Waals surface area contributed by atoms with Gasteiger partial charge in [-0.15, -0.1) is 0 Å². The largest absolute Gasteiger partial charge is 0.480 e. The number of hydrazine groups is 2. The van der Waals surface area contributed by atoms with Crippen molar-refractivity contribution < 1.29 is 29.5 Å². The summed E-state index contributed by atoms with van der Waals surface area (Å²) in [6.45, 7) is -0.105. The number of nitrogens with zero attached hydrogens (tertiary/aromatic N) is 3. The van der Waals surface area contributed by atoms with Gasteiger partial charge in [-0.3, -0.25) is 24.4 Å². The van der Waals surface area contributed by atoms with Gasteiger partial charge in [0.1, 0.15) is 6.04 Å². The Morgan fingerprint density at radius 3 is 2.50 bits per heavy atom. The molecular formula is C14H16N4O6. The Bertz CT molecular complexity index is 646. The molecular weight excluding hydrogens is 320 g/mol. The number of carbonyl (C=O) groups excluding carboxylic acids is 2. The van der Waals surface area contributed by atoms with Crippen LogP contribution in [-0.4, -0.2) is 62.6 Å². The molecule has 2 heterocycles. The van der Waals surface area contributed by atoms with Crippen LogP contribution in [0.5, 0.6) is 0 Å². The minimum absolute atomic E-state index is 0.289. The van der Waals surface area contributed by atoms with Crippen molar-refractivity contribution in [3.8, 4) is 0 Å². The molecule has 24 heavy (non-hydrogen) atoms. The number of aliphatic carboxylic acids is 1. The van der Waals surface area contributed by atoms with Gasteiger partial charge in [0, 0.05) is 6.54 Å². The minimum Gasteiger partial charge on any atom is -0.480 e. The van der Waals surface area contributed by atoms with Crippen molar-refractivity contribution in [2.45, 2.75) is 18.9 Å². The van der Waals surface area contributed by atoms with E-state index in [-0.39, 0.29) is 11.1 Å². The lowest BCUT2D eigenvalue weighted by molar-refractivity contribution is -0.349. The molecule has 1 saturated heterocycles. The van der Waals surface area contributed by atoms with E-state index < -0.39 is 30.6 Å². The molecule has 0 aliphatic carbocycles.